The molecule has 1 aliphatic heterocycles. The summed E-state index contributed by atoms with van der Waals surface area (Å²) in [4.78, 5) is 29.5. The summed E-state index contributed by atoms with van der Waals surface area (Å²) in [5.41, 5.74) is 1.43. The van der Waals surface area contributed by atoms with E-state index in [2.05, 4.69) is 10.3 Å². The molecule has 0 bridgehead atoms. The van der Waals surface area contributed by atoms with Gasteiger partial charge in [-0.3, -0.25) is 4.79 Å². The molecule has 1 atom stereocenters. The highest BCUT2D eigenvalue weighted by molar-refractivity contribution is 6.11. The van der Waals surface area contributed by atoms with E-state index in [9.17, 15) is 18.4 Å². The zero-order valence-electron chi connectivity index (χ0n) is 14.3. The maximum absolute atomic E-state index is 14.1. The van der Waals surface area contributed by atoms with Gasteiger partial charge < -0.3 is 10.2 Å². The lowest BCUT2D eigenvalue weighted by molar-refractivity contribution is -0.114. The van der Waals surface area contributed by atoms with Crippen LogP contribution < -0.4 is 5.32 Å². The number of carbonyl (C=O) groups is 2. The highest BCUT2D eigenvalue weighted by Gasteiger charge is 2.30. The van der Waals surface area contributed by atoms with Gasteiger partial charge in [0.15, 0.2) is 0 Å². The van der Waals surface area contributed by atoms with Crippen molar-refractivity contribution >= 4 is 23.8 Å². The first-order valence-corrected chi connectivity index (χ1v) is 8.06. The van der Waals surface area contributed by atoms with Crippen LogP contribution in [0.2, 0.25) is 0 Å². The van der Waals surface area contributed by atoms with Crippen molar-refractivity contribution in [2.24, 2.45) is 4.99 Å². The number of allylic oxidation sites excluding steroid dienone is 3. The van der Waals surface area contributed by atoms with Gasteiger partial charge in [0, 0.05) is 30.9 Å². The van der Waals surface area contributed by atoms with Crippen LogP contribution in [0.15, 0.2) is 64.0 Å². The summed E-state index contributed by atoms with van der Waals surface area (Å²) in [6, 6.07) is 4.51. The number of aliphatic imine (C=N–C) groups is 1. The Morgan fingerprint density at radius 1 is 1.27 bits per heavy atom. The topological polar surface area (TPSA) is 61.8 Å². The highest BCUT2D eigenvalue weighted by atomic mass is 19.1. The van der Waals surface area contributed by atoms with Gasteiger partial charge in [-0.1, -0.05) is 12.2 Å². The van der Waals surface area contributed by atoms with Gasteiger partial charge in [-0.2, -0.15) is 0 Å². The van der Waals surface area contributed by atoms with E-state index in [1.807, 2.05) is 0 Å². The number of hydrogen-bond acceptors (Lipinski definition) is 2. The normalized spacial score (nSPS) is 17.3. The molecule has 0 radical (unpaired) electrons. The maximum Gasteiger partial charge on any atom is 0.322 e. The summed E-state index contributed by atoms with van der Waals surface area (Å²) in [5, 5.41) is 2.66. The SMILES string of the molecule is CC(C1=C2C=CCC(F)=C2C(=O)N=C1)N(C)C(=O)Nc1ccc(F)cc1. The molecule has 1 heterocycles. The Balaban J connectivity index is 1.83. The Kier molecular flexibility index (Phi) is 4.79. The second-order valence-corrected chi connectivity index (χ2v) is 6.04. The lowest BCUT2D eigenvalue weighted by atomic mass is 9.89. The smallest absolute Gasteiger partial charge is 0.321 e. The molecule has 1 aromatic rings. The molecule has 26 heavy (non-hydrogen) atoms. The summed E-state index contributed by atoms with van der Waals surface area (Å²) >= 11 is 0. The largest absolute Gasteiger partial charge is 0.322 e. The first-order chi connectivity index (χ1) is 12.4. The Labute approximate surface area is 149 Å². The Bertz CT molecular complexity index is 883. The molecule has 1 N–H and O–H groups in total. The zero-order chi connectivity index (χ0) is 18.8. The maximum atomic E-state index is 14.1. The predicted molar refractivity (Wildman–Crippen MR) is 95.1 cm³/mol. The molecule has 0 spiro atoms. The van der Waals surface area contributed by atoms with E-state index in [1.54, 1.807) is 26.1 Å². The first kappa shape index (κ1) is 17.7. The Morgan fingerprint density at radius 3 is 2.65 bits per heavy atom. The number of rotatable bonds is 3. The molecule has 0 saturated carbocycles. The average Bonchev–Trinajstić information content (AvgIpc) is 2.62. The van der Waals surface area contributed by atoms with Crippen LogP contribution >= 0.6 is 0 Å². The number of likely N-dealkylation sites (N-methyl/N-ethyl adjacent to an activating group) is 1. The number of urea groups is 1. The van der Waals surface area contributed by atoms with Crippen molar-refractivity contribution in [3.8, 4) is 0 Å². The molecule has 2 aliphatic rings. The average molecular weight is 357 g/mol. The number of benzene rings is 1. The van der Waals surface area contributed by atoms with E-state index in [0.717, 1.165) is 0 Å². The Hall–Kier alpha value is -3.09. The van der Waals surface area contributed by atoms with Crippen LogP contribution in [0.25, 0.3) is 0 Å². The van der Waals surface area contributed by atoms with Gasteiger partial charge in [0.1, 0.15) is 11.6 Å². The molecular weight excluding hydrogens is 340 g/mol. The third-order valence-electron chi connectivity index (χ3n) is 4.41. The lowest BCUT2D eigenvalue weighted by Crippen LogP contribution is -2.40. The molecule has 7 heteroatoms. The number of hydrogen-bond donors (Lipinski definition) is 1. The molecule has 3 amide bonds. The summed E-state index contributed by atoms with van der Waals surface area (Å²) in [5.74, 6) is -1.53. The number of halogens is 2. The fraction of sp³-hybridized carbons (Fsp3) is 0.211. The first-order valence-electron chi connectivity index (χ1n) is 8.06. The monoisotopic (exact) mass is 357 g/mol. The molecule has 3 rings (SSSR count). The third kappa shape index (κ3) is 3.33. The summed E-state index contributed by atoms with van der Waals surface area (Å²) in [7, 11) is 1.58. The van der Waals surface area contributed by atoms with Gasteiger partial charge in [-0.25, -0.2) is 18.6 Å². The molecule has 0 aromatic heterocycles. The highest BCUT2D eigenvalue weighted by Crippen LogP contribution is 2.32. The number of nitrogens with zero attached hydrogens (tertiary/aromatic N) is 2. The van der Waals surface area contributed by atoms with Gasteiger partial charge in [0.2, 0.25) is 0 Å². The Morgan fingerprint density at radius 2 is 1.96 bits per heavy atom. The van der Waals surface area contributed by atoms with Gasteiger partial charge in [0.05, 0.1) is 11.6 Å². The van der Waals surface area contributed by atoms with Gasteiger partial charge in [-0.15, -0.1) is 0 Å². The molecule has 1 aliphatic carbocycles. The van der Waals surface area contributed by atoms with E-state index < -0.39 is 29.6 Å². The van der Waals surface area contributed by atoms with Crippen molar-refractivity contribution in [1.82, 2.24) is 4.90 Å². The minimum Gasteiger partial charge on any atom is -0.321 e. The van der Waals surface area contributed by atoms with Crippen LogP contribution in [-0.4, -0.2) is 36.1 Å². The molecular formula is C19H17F2N3O2. The van der Waals surface area contributed by atoms with Crippen molar-refractivity contribution in [2.45, 2.75) is 19.4 Å². The molecule has 134 valence electrons. The molecule has 1 aromatic carbocycles. The number of dihydropyridines is 1. The molecule has 0 saturated heterocycles. The second-order valence-electron chi connectivity index (χ2n) is 6.04. The minimum atomic E-state index is -0.615. The summed E-state index contributed by atoms with van der Waals surface area (Å²) < 4.78 is 27.0. The van der Waals surface area contributed by atoms with Crippen LogP contribution in [0.4, 0.5) is 19.3 Å². The predicted octanol–water partition coefficient (Wildman–Crippen LogP) is 3.77. The number of anilines is 1. The van der Waals surface area contributed by atoms with Crippen LogP contribution in [0.5, 0.6) is 0 Å². The zero-order valence-corrected chi connectivity index (χ0v) is 14.3. The van der Waals surface area contributed by atoms with Crippen LogP contribution in [0.3, 0.4) is 0 Å². The van der Waals surface area contributed by atoms with Gasteiger partial charge >= 0.3 is 6.03 Å². The van der Waals surface area contributed by atoms with Gasteiger partial charge in [-0.05, 0) is 36.8 Å². The van der Waals surface area contributed by atoms with E-state index >= 15 is 0 Å². The van der Waals surface area contributed by atoms with Crippen LogP contribution in [0, 0.1) is 5.82 Å². The number of nitrogens with one attached hydrogen (secondary N) is 1. The van der Waals surface area contributed by atoms with Crippen molar-refractivity contribution in [1.29, 1.82) is 0 Å². The molecule has 5 nitrogen and oxygen atoms in total. The van der Waals surface area contributed by atoms with Crippen molar-refractivity contribution in [3.05, 3.63) is 64.8 Å². The van der Waals surface area contributed by atoms with Crippen LogP contribution in [0.1, 0.15) is 13.3 Å². The van der Waals surface area contributed by atoms with Crippen molar-refractivity contribution in [3.63, 3.8) is 0 Å². The second kappa shape index (κ2) is 7.03. The standard InChI is InChI=1S/C19H17F2N3O2/c1-11(24(2)19(26)23-13-8-6-12(20)7-9-13)15-10-22-18(25)17-14(15)4-3-5-16(17)21/h3-4,6-11H,5H2,1-2H3,(H,23,26). The van der Waals surface area contributed by atoms with Crippen molar-refractivity contribution < 1.29 is 18.4 Å². The van der Waals surface area contributed by atoms with E-state index in [4.69, 9.17) is 0 Å². The quantitative estimate of drug-likeness (QED) is 0.895. The number of carbonyl (C=O) groups excluding carboxylic acids is 2. The van der Waals surface area contributed by atoms with E-state index in [0.29, 0.717) is 16.8 Å². The number of fused-ring (bicyclic) bond motifs is 1. The minimum absolute atomic E-state index is 0.0378. The van der Waals surface area contributed by atoms with Gasteiger partial charge in [0.25, 0.3) is 5.91 Å². The van der Waals surface area contributed by atoms with E-state index in [1.165, 1.54) is 35.4 Å². The fourth-order valence-electron chi connectivity index (χ4n) is 2.81. The number of amides is 3. The molecule has 0 fully saturated rings. The lowest BCUT2D eigenvalue weighted by Gasteiger charge is -2.29. The van der Waals surface area contributed by atoms with Crippen LogP contribution in [-0.2, 0) is 4.79 Å². The third-order valence-corrected chi connectivity index (χ3v) is 4.41. The summed E-state index contributed by atoms with van der Waals surface area (Å²) in [6.45, 7) is 1.76. The summed E-state index contributed by atoms with van der Waals surface area (Å²) in [6.07, 6.45) is 4.74. The molecule has 1 unspecified atom stereocenters. The van der Waals surface area contributed by atoms with E-state index in [-0.39, 0.29) is 12.0 Å². The van der Waals surface area contributed by atoms with Crippen molar-refractivity contribution in [2.75, 3.05) is 12.4 Å². The fourth-order valence-corrected chi connectivity index (χ4v) is 2.81.